The van der Waals surface area contributed by atoms with Crippen molar-refractivity contribution in [2.24, 2.45) is 0 Å². The minimum Gasteiger partial charge on any atom is -0.434 e. The molecule has 0 saturated carbocycles. The number of ether oxygens (including phenoxy) is 2. The van der Waals surface area contributed by atoms with Gasteiger partial charge in [0.25, 0.3) is 11.8 Å². The number of aryl methyl sites for hydroxylation is 1. The Morgan fingerprint density at radius 2 is 1.44 bits per heavy atom. The van der Waals surface area contributed by atoms with Gasteiger partial charge in [-0.1, -0.05) is 35.9 Å². The van der Waals surface area contributed by atoms with Crippen molar-refractivity contribution < 1.29 is 23.9 Å². The minimum absolute atomic E-state index is 0.191. The minimum atomic E-state index is -0.800. The van der Waals surface area contributed by atoms with Crippen molar-refractivity contribution in [3.8, 4) is 5.75 Å². The second-order valence-electron chi connectivity index (χ2n) is 6.97. The van der Waals surface area contributed by atoms with Gasteiger partial charge in [0, 0.05) is 23.4 Å². The molecule has 0 heterocycles. The van der Waals surface area contributed by atoms with Gasteiger partial charge in [0.1, 0.15) is 5.75 Å². The summed E-state index contributed by atoms with van der Waals surface area (Å²) in [5.41, 5.74) is 3.40. The van der Waals surface area contributed by atoms with E-state index in [1.54, 1.807) is 43.3 Å². The molecule has 0 unspecified atom stereocenters. The molecular formula is C25H24N2O5. The third kappa shape index (κ3) is 6.18. The van der Waals surface area contributed by atoms with E-state index in [-0.39, 0.29) is 30.7 Å². The predicted molar refractivity (Wildman–Crippen MR) is 121 cm³/mol. The zero-order valence-electron chi connectivity index (χ0n) is 17.9. The van der Waals surface area contributed by atoms with Crippen LogP contribution in [0.1, 0.15) is 38.8 Å². The number of amides is 2. The molecule has 164 valence electrons. The van der Waals surface area contributed by atoms with Crippen LogP contribution in [-0.4, -0.2) is 24.6 Å². The van der Waals surface area contributed by atoms with Crippen molar-refractivity contribution in [1.82, 2.24) is 5.32 Å². The first-order valence-electron chi connectivity index (χ1n) is 10.1. The SMILES string of the molecule is CCOC(=O)Oc1ccc(C(=O)Nc2ccccc2CNC(=O)c2ccc(C)cc2)cc1. The molecule has 0 bridgehead atoms. The molecule has 0 aliphatic rings. The fourth-order valence-corrected chi connectivity index (χ4v) is 2.89. The van der Waals surface area contributed by atoms with Gasteiger partial charge in [-0.25, -0.2) is 4.79 Å². The molecule has 32 heavy (non-hydrogen) atoms. The lowest BCUT2D eigenvalue weighted by Gasteiger charge is -2.12. The van der Waals surface area contributed by atoms with Gasteiger partial charge < -0.3 is 20.1 Å². The summed E-state index contributed by atoms with van der Waals surface area (Å²) in [5, 5.41) is 5.73. The van der Waals surface area contributed by atoms with E-state index < -0.39 is 6.16 Å². The average Bonchev–Trinajstić information content (AvgIpc) is 2.79. The highest BCUT2D eigenvalue weighted by Crippen LogP contribution is 2.18. The molecule has 7 nitrogen and oxygen atoms in total. The number of para-hydroxylation sites is 1. The van der Waals surface area contributed by atoms with E-state index in [9.17, 15) is 14.4 Å². The highest BCUT2D eigenvalue weighted by molar-refractivity contribution is 6.04. The first-order chi connectivity index (χ1) is 15.5. The molecule has 7 heteroatoms. The highest BCUT2D eigenvalue weighted by Gasteiger charge is 2.12. The summed E-state index contributed by atoms with van der Waals surface area (Å²) in [6, 6.07) is 20.7. The maximum absolute atomic E-state index is 12.7. The van der Waals surface area contributed by atoms with Crippen LogP contribution >= 0.6 is 0 Å². The second-order valence-corrected chi connectivity index (χ2v) is 6.97. The Kier molecular flexibility index (Phi) is 7.59. The van der Waals surface area contributed by atoms with Gasteiger partial charge in [0.05, 0.1) is 6.61 Å². The summed E-state index contributed by atoms with van der Waals surface area (Å²) in [5.74, 6) is -0.243. The van der Waals surface area contributed by atoms with Crippen LogP contribution in [0.5, 0.6) is 5.75 Å². The van der Waals surface area contributed by atoms with Gasteiger partial charge in [-0.05, 0) is 61.9 Å². The zero-order chi connectivity index (χ0) is 22.9. The van der Waals surface area contributed by atoms with Crippen molar-refractivity contribution in [2.45, 2.75) is 20.4 Å². The van der Waals surface area contributed by atoms with E-state index >= 15 is 0 Å². The summed E-state index contributed by atoms with van der Waals surface area (Å²) >= 11 is 0. The molecule has 0 fully saturated rings. The number of carbonyl (C=O) groups is 3. The van der Waals surface area contributed by atoms with E-state index in [0.717, 1.165) is 11.1 Å². The van der Waals surface area contributed by atoms with Gasteiger partial charge in [0.2, 0.25) is 0 Å². The topological polar surface area (TPSA) is 93.7 Å². The molecule has 2 N–H and O–H groups in total. The number of hydrogen-bond acceptors (Lipinski definition) is 5. The Hall–Kier alpha value is -4.13. The van der Waals surface area contributed by atoms with Crippen LogP contribution in [0.3, 0.4) is 0 Å². The fraction of sp³-hybridized carbons (Fsp3) is 0.160. The summed E-state index contributed by atoms with van der Waals surface area (Å²) < 4.78 is 9.71. The monoisotopic (exact) mass is 432 g/mol. The number of nitrogens with one attached hydrogen (secondary N) is 2. The Labute approximate surface area is 186 Å². The number of carbonyl (C=O) groups excluding carboxylic acids is 3. The standard InChI is InChI=1S/C25H24N2O5/c1-3-31-25(30)32-21-14-12-19(13-15-21)24(29)27-22-7-5-4-6-20(22)16-26-23(28)18-10-8-17(2)9-11-18/h4-15H,3,16H2,1-2H3,(H,26,28)(H,27,29). The van der Waals surface area contributed by atoms with Crippen molar-refractivity contribution in [3.05, 3.63) is 95.1 Å². The predicted octanol–water partition coefficient (Wildman–Crippen LogP) is 4.71. The lowest BCUT2D eigenvalue weighted by atomic mass is 10.1. The summed E-state index contributed by atoms with van der Waals surface area (Å²) in [7, 11) is 0. The van der Waals surface area contributed by atoms with Gasteiger partial charge in [-0.15, -0.1) is 0 Å². The molecule has 3 rings (SSSR count). The van der Waals surface area contributed by atoms with Crippen LogP contribution in [-0.2, 0) is 11.3 Å². The first-order valence-corrected chi connectivity index (χ1v) is 10.1. The maximum Gasteiger partial charge on any atom is 0.513 e. The molecule has 0 saturated heterocycles. The maximum atomic E-state index is 12.7. The normalized spacial score (nSPS) is 10.2. The zero-order valence-corrected chi connectivity index (χ0v) is 17.9. The van der Waals surface area contributed by atoms with Gasteiger partial charge in [-0.3, -0.25) is 9.59 Å². The van der Waals surface area contributed by atoms with Gasteiger partial charge in [0.15, 0.2) is 0 Å². The fourth-order valence-electron chi connectivity index (χ4n) is 2.89. The molecule has 3 aromatic rings. The summed E-state index contributed by atoms with van der Waals surface area (Å²) in [6.07, 6.45) is -0.800. The number of rotatable bonds is 7. The van der Waals surface area contributed by atoms with E-state index in [1.807, 2.05) is 31.2 Å². The molecule has 0 aliphatic heterocycles. The largest absolute Gasteiger partial charge is 0.513 e. The molecule has 0 aliphatic carbocycles. The Bertz CT molecular complexity index is 1090. The van der Waals surface area contributed by atoms with Gasteiger partial charge >= 0.3 is 6.16 Å². The van der Waals surface area contributed by atoms with Crippen molar-refractivity contribution in [1.29, 1.82) is 0 Å². The van der Waals surface area contributed by atoms with Crippen molar-refractivity contribution >= 4 is 23.7 Å². The molecule has 2 amide bonds. The van der Waals surface area contributed by atoms with Crippen LogP contribution < -0.4 is 15.4 Å². The number of benzene rings is 3. The summed E-state index contributed by atoms with van der Waals surface area (Å²) in [6.45, 7) is 4.11. The van der Waals surface area contributed by atoms with E-state index in [0.29, 0.717) is 16.8 Å². The molecule has 0 spiro atoms. The van der Waals surface area contributed by atoms with E-state index in [4.69, 9.17) is 9.47 Å². The molecule has 0 aromatic heterocycles. The van der Waals surface area contributed by atoms with E-state index in [1.165, 1.54) is 12.1 Å². The molecule has 0 radical (unpaired) electrons. The quantitative estimate of drug-likeness (QED) is 0.416. The van der Waals surface area contributed by atoms with Crippen molar-refractivity contribution in [2.75, 3.05) is 11.9 Å². The molecular weight excluding hydrogens is 408 g/mol. The Balaban J connectivity index is 1.62. The smallest absolute Gasteiger partial charge is 0.434 e. The molecule has 3 aromatic carbocycles. The number of hydrogen-bond donors (Lipinski definition) is 2. The second kappa shape index (κ2) is 10.8. The number of anilines is 1. The Morgan fingerprint density at radius 3 is 2.12 bits per heavy atom. The van der Waals surface area contributed by atoms with Crippen molar-refractivity contribution in [3.63, 3.8) is 0 Å². The third-order valence-corrected chi connectivity index (χ3v) is 4.60. The average molecular weight is 432 g/mol. The summed E-state index contributed by atoms with van der Waals surface area (Å²) in [4.78, 5) is 36.4. The van der Waals surface area contributed by atoms with Gasteiger partial charge in [-0.2, -0.15) is 0 Å². The van der Waals surface area contributed by atoms with Crippen LogP contribution in [0.15, 0.2) is 72.8 Å². The lowest BCUT2D eigenvalue weighted by Crippen LogP contribution is -2.24. The Morgan fingerprint density at radius 1 is 0.812 bits per heavy atom. The van der Waals surface area contributed by atoms with Crippen LogP contribution in [0.2, 0.25) is 0 Å². The van der Waals surface area contributed by atoms with Crippen LogP contribution in [0, 0.1) is 6.92 Å². The highest BCUT2D eigenvalue weighted by atomic mass is 16.7. The van der Waals surface area contributed by atoms with Crippen LogP contribution in [0.25, 0.3) is 0 Å². The lowest BCUT2D eigenvalue weighted by molar-refractivity contribution is 0.0949. The van der Waals surface area contributed by atoms with E-state index in [2.05, 4.69) is 10.6 Å². The third-order valence-electron chi connectivity index (χ3n) is 4.60. The first kappa shape index (κ1) is 22.6. The molecule has 0 atom stereocenters. The van der Waals surface area contributed by atoms with Crippen LogP contribution in [0.4, 0.5) is 10.5 Å².